The minimum atomic E-state index is -0.787. The summed E-state index contributed by atoms with van der Waals surface area (Å²) in [6.07, 6.45) is 4.95. The van der Waals surface area contributed by atoms with Crippen molar-refractivity contribution in [2.75, 3.05) is 11.1 Å². The number of hydrogen-bond acceptors (Lipinski definition) is 6. The molecule has 2 aromatic rings. The summed E-state index contributed by atoms with van der Waals surface area (Å²) in [4.78, 5) is 34.1. The summed E-state index contributed by atoms with van der Waals surface area (Å²) in [6.45, 7) is 5.98. The number of nitrogens with two attached hydrogens (primary N) is 1. The normalized spacial score (nSPS) is 20.7. The lowest BCUT2D eigenvalue weighted by Gasteiger charge is -2.32. The van der Waals surface area contributed by atoms with Crippen molar-refractivity contribution < 1.29 is 4.79 Å². The van der Waals surface area contributed by atoms with Gasteiger partial charge in [-0.1, -0.05) is 19.9 Å². The van der Waals surface area contributed by atoms with Crippen molar-refractivity contribution in [3.05, 3.63) is 51.7 Å². The Labute approximate surface area is 156 Å². The predicted octanol–water partition coefficient (Wildman–Crippen LogP) is 2.04. The fraction of sp³-hybridized carbons (Fsp3) is 0.368. The Hall–Kier alpha value is -3.16. The molecule has 1 atom stereocenters. The Balaban J connectivity index is 1.89. The predicted molar refractivity (Wildman–Crippen MR) is 103 cm³/mol. The Morgan fingerprint density at radius 1 is 1.30 bits per heavy atom. The van der Waals surface area contributed by atoms with Crippen LogP contribution < -0.4 is 21.9 Å². The van der Waals surface area contributed by atoms with Gasteiger partial charge < -0.3 is 16.4 Å². The first-order chi connectivity index (χ1) is 12.8. The smallest absolute Gasteiger partial charge is 0.277 e. The Morgan fingerprint density at radius 3 is 2.78 bits per heavy atom. The van der Waals surface area contributed by atoms with E-state index in [1.54, 1.807) is 16.7 Å². The van der Waals surface area contributed by atoms with Gasteiger partial charge in [0.15, 0.2) is 0 Å². The fourth-order valence-electron chi connectivity index (χ4n) is 4.20. The van der Waals surface area contributed by atoms with E-state index in [0.29, 0.717) is 29.4 Å². The van der Waals surface area contributed by atoms with Crippen LogP contribution in [0.4, 0.5) is 17.3 Å². The van der Waals surface area contributed by atoms with Crippen LogP contribution in [0.1, 0.15) is 42.7 Å². The number of aromatic nitrogens is 3. The summed E-state index contributed by atoms with van der Waals surface area (Å²) in [6, 6.07) is 3.24. The largest absolute Gasteiger partial charge is 0.384 e. The number of fused-ring (bicyclic) bond motifs is 2. The van der Waals surface area contributed by atoms with Gasteiger partial charge in [-0.15, -0.1) is 0 Å². The topological polar surface area (TPSA) is 115 Å². The first-order valence-electron chi connectivity index (χ1n) is 8.98. The molecule has 1 aliphatic heterocycles. The highest BCUT2D eigenvalue weighted by molar-refractivity contribution is 5.97. The van der Waals surface area contributed by atoms with E-state index in [1.807, 2.05) is 6.92 Å². The number of amides is 1. The monoisotopic (exact) mass is 366 g/mol. The van der Waals surface area contributed by atoms with Gasteiger partial charge in [-0.3, -0.25) is 14.2 Å². The Morgan fingerprint density at radius 2 is 2.07 bits per heavy atom. The molecule has 1 aliphatic carbocycles. The molecule has 8 heteroatoms. The number of allylic oxidation sites excluding steroid dienone is 1. The third kappa shape index (κ3) is 2.51. The molecule has 8 nitrogen and oxygen atoms in total. The van der Waals surface area contributed by atoms with Gasteiger partial charge in [-0.2, -0.15) is 0 Å². The summed E-state index contributed by atoms with van der Waals surface area (Å²) in [5.74, 6) is 0.733. The first kappa shape index (κ1) is 17.3. The van der Waals surface area contributed by atoms with Gasteiger partial charge in [0, 0.05) is 6.07 Å². The maximum Gasteiger partial charge on any atom is 0.277 e. The van der Waals surface area contributed by atoms with Crippen LogP contribution in [-0.4, -0.2) is 20.4 Å². The van der Waals surface area contributed by atoms with Crippen molar-refractivity contribution in [3.8, 4) is 0 Å². The number of anilines is 3. The number of nitrogens with zero attached hydrogens (tertiary/aromatic N) is 3. The van der Waals surface area contributed by atoms with Gasteiger partial charge >= 0.3 is 0 Å². The lowest BCUT2D eigenvalue weighted by molar-refractivity contribution is 0.0930. The Kier molecular flexibility index (Phi) is 3.80. The molecule has 3 heterocycles. The van der Waals surface area contributed by atoms with Crippen molar-refractivity contribution in [3.63, 3.8) is 0 Å². The average Bonchev–Trinajstić information content (AvgIpc) is 3.14. The highest BCUT2D eigenvalue weighted by Gasteiger charge is 2.49. The van der Waals surface area contributed by atoms with Crippen molar-refractivity contribution >= 4 is 23.2 Å². The summed E-state index contributed by atoms with van der Waals surface area (Å²) >= 11 is 0. The van der Waals surface area contributed by atoms with E-state index in [2.05, 4.69) is 40.5 Å². The first-order valence-corrected chi connectivity index (χ1v) is 8.98. The molecule has 0 aromatic carbocycles. The zero-order valence-corrected chi connectivity index (χ0v) is 15.5. The second kappa shape index (κ2) is 5.94. The molecule has 2 aromatic heterocycles. The van der Waals surface area contributed by atoms with E-state index in [1.165, 1.54) is 6.33 Å². The molecule has 0 bridgehead atoms. The number of hydrogen-bond donors (Lipinski definition) is 3. The second-order valence-electron chi connectivity index (χ2n) is 7.35. The van der Waals surface area contributed by atoms with Gasteiger partial charge in [-0.25, -0.2) is 9.97 Å². The van der Waals surface area contributed by atoms with Crippen molar-refractivity contribution in [2.24, 2.45) is 5.92 Å². The van der Waals surface area contributed by atoms with E-state index in [-0.39, 0.29) is 17.4 Å². The van der Waals surface area contributed by atoms with Crippen LogP contribution in [0.2, 0.25) is 0 Å². The summed E-state index contributed by atoms with van der Waals surface area (Å²) < 4.78 is 1.62. The zero-order valence-electron chi connectivity index (χ0n) is 15.5. The third-order valence-electron chi connectivity index (χ3n) is 5.23. The molecule has 2 aliphatic rings. The van der Waals surface area contributed by atoms with Crippen LogP contribution in [0.15, 0.2) is 34.9 Å². The second-order valence-corrected chi connectivity index (χ2v) is 7.35. The average molecular weight is 366 g/mol. The maximum atomic E-state index is 13.4. The molecule has 4 N–H and O–H groups in total. The zero-order chi connectivity index (χ0) is 19.3. The highest BCUT2D eigenvalue weighted by Crippen LogP contribution is 2.42. The van der Waals surface area contributed by atoms with Crippen molar-refractivity contribution in [1.29, 1.82) is 0 Å². The van der Waals surface area contributed by atoms with Crippen LogP contribution >= 0.6 is 0 Å². The number of pyridine rings is 1. The molecule has 0 fully saturated rings. The van der Waals surface area contributed by atoms with Crippen LogP contribution in [0.5, 0.6) is 0 Å². The van der Waals surface area contributed by atoms with Crippen LogP contribution in [-0.2, 0) is 5.66 Å². The minimum Gasteiger partial charge on any atom is -0.384 e. The molecule has 4 rings (SSSR count). The maximum absolute atomic E-state index is 13.4. The number of rotatable bonds is 3. The van der Waals surface area contributed by atoms with Gasteiger partial charge in [0.1, 0.15) is 35.0 Å². The summed E-state index contributed by atoms with van der Waals surface area (Å²) in [5.41, 5.74) is 7.21. The van der Waals surface area contributed by atoms with E-state index in [4.69, 9.17) is 5.73 Å². The molecule has 0 saturated heterocycles. The molecule has 1 unspecified atom stereocenters. The lowest BCUT2D eigenvalue weighted by Crippen LogP contribution is -2.48. The van der Waals surface area contributed by atoms with Gasteiger partial charge in [0.2, 0.25) is 0 Å². The number of carbonyl (C=O) groups excluding carboxylic acids is 1. The molecule has 1 spiro atoms. The number of carbonyl (C=O) groups is 1. The molecule has 0 saturated carbocycles. The quantitative estimate of drug-likeness (QED) is 0.716. The fourth-order valence-corrected chi connectivity index (χ4v) is 4.20. The number of nitrogens with one attached hydrogen (secondary N) is 2. The standard InChI is InChI=1S/C19H22N6O2/c1-10(2)12-5-4-6-19(12)24-17(26)16-11(3)7-13(18(27)25(16)19)23-15-8-14(20)21-9-22-15/h5,7-10H,4,6H2,1-3H3,(H,24,26)(H3,20,21,22,23). The van der Waals surface area contributed by atoms with Gasteiger partial charge in [0.25, 0.3) is 11.5 Å². The lowest BCUT2D eigenvalue weighted by atomic mass is 9.92. The van der Waals surface area contributed by atoms with Crippen molar-refractivity contribution in [1.82, 2.24) is 19.9 Å². The van der Waals surface area contributed by atoms with Gasteiger partial charge in [-0.05, 0) is 42.9 Å². The highest BCUT2D eigenvalue weighted by atomic mass is 16.2. The SMILES string of the molecule is Cc1cc(Nc2cc(N)ncn2)c(=O)n2c1C(=O)NC21CCC=C1C(C)C. The number of nitrogen functional groups attached to an aromatic ring is 1. The molecule has 140 valence electrons. The number of aryl methyl sites for hydroxylation is 1. The van der Waals surface area contributed by atoms with Crippen LogP contribution in [0.25, 0.3) is 0 Å². The van der Waals surface area contributed by atoms with E-state index >= 15 is 0 Å². The van der Waals surface area contributed by atoms with E-state index in [0.717, 1.165) is 17.6 Å². The molecule has 27 heavy (non-hydrogen) atoms. The molecular formula is C19H22N6O2. The van der Waals surface area contributed by atoms with E-state index < -0.39 is 5.66 Å². The molecule has 1 amide bonds. The minimum absolute atomic E-state index is 0.212. The summed E-state index contributed by atoms with van der Waals surface area (Å²) in [7, 11) is 0. The van der Waals surface area contributed by atoms with Crippen LogP contribution in [0, 0.1) is 12.8 Å². The van der Waals surface area contributed by atoms with E-state index in [9.17, 15) is 9.59 Å². The van der Waals surface area contributed by atoms with Crippen LogP contribution in [0.3, 0.4) is 0 Å². The third-order valence-corrected chi connectivity index (χ3v) is 5.23. The molecular weight excluding hydrogens is 344 g/mol. The summed E-state index contributed by atoms with van der Waals surface area (Å²) in [5, 5.41) is 6.12. The molecule has 0 radical (unpaired) electrons. The Bertz CT molecular complexity index is 1040. The van der Waals surface area contributed by atoms with Crippen molar-refractivity contribution in [2.45, 2.75) is 39.3 Å². The van der Waals surface area contributed by atoms with Gasteiger partial charge in [0.05, 0.1) is 0 Å².